The highest BCUT2D eigenvalue weighted by Gasteiger charge is 2.34. The minimum absolute atomic E-state index is 0.0988. The van der Waals surface area contributed by atoms with Gasteiger partial charge in [0.25, 0.3) is 10.0 Å². The number of carbonyl (C=O) groups excluding carboxylic acids is 2. The third-order valence-electron chi connectivity index (χ3n) is 8.16. The molecule has 3 aromatic rings. The first-order valence-electron chi connectivity index (χ1n) is 14.9. The molecule has 2 amide bonds. The van der Waals surface area contributed by atoms with Gasteiger partial charge in [0.05, 0.1) is 10.6 Å². The van der Waals surface area contributed by atoms with Crippen LogP contribution in [0.3, 0.4) is 0 Å². The number of rotatable bonds is 11. The van der Waals surface area contributed by atoms with Crippen LogP contribution in [0.1, 0.15) is 67.7 Å². The van der Waals surface area contributed by atoms with E-state index in [9.17, 15) is 18.0 Å². The minimum Gasteiger partial charge on any atom is -0.352 e. The van der Waals surface area contributed by atoms with E-state index in [1.165, 1.54) is 22.9 Å². The lowest BCUT2D eigenvalue weighted by molar-refractivity contribution is -0.140. The maximum Gasteiger partial charge on any atom is 0.264 e. The smallest absolute Gasteiger partial charge is 0.264 e. The van der Waals surface area contributed by atoms with Crippen molar-refractivity contribution >= 4 is 27.5 Å². The molecule has 1 aliphatic carbocycles. The SMILES string of the molecule is CC[C@@H](C(=O)NC1CCCCC1)N(Cc1cccc(C)c1)C(=O)CN(c1ccc(C)c(C)c1)S(=O)(=O)c1ccccc1. The van der Waals surface area contributed by atoms with Crippen molar-refractivity contribution in [3.8, 4) is 0 Å². The summed E-state index contributed by atoms with van der Waals surface area (Å²) in [5.41, 5.74) is 4.28. The van der Waals surface area contributed by atoms with Gasteiger partial charge in [-0.1, -0.05) is 80.3 Å². The zero-order valence-electron chi connectivity index (χ0n) is 25.2. The number of sulfonamides is 1. The fourth-order valence-electron chi connectivity index (χ4n) is 5.60. The number of anilines is 1. The van der Waals surface area contributed by atoms with Crippen LogP contribution >= 0.6 is 0 Å². The molecule has 1 atom stereocenters. The van der Waals surface area contributed by atoms with Gasteiger partial charge in [0.1, 0.15) is 12.6 Å². The third kappa shape index (κ3) is 7.59. The van der Waals surface area contributed by atoms with Crippen LogP contribution in [0.15, 0.2) is 77.7 Å². The number of nitrogens with one attached hydrogen (secondary N) is 1. The number of carbonyl (C=O) groups is 2. The van der Waals surface area contributed by atoms with Crippen molar-refractivity contribution < 1.29 is 18.0 Å². The van der Waals surface area contributed by atoms with Crippen molar-refractivity contribution in [2.75, 3.05) is 10.8 Å². The van der Waals surface area contributed by atoms with Crippen molar-refractivity contribution in [3.63, 3.8) is 0 Å². The van der Waals surface area contributed by atoms with Crippen LogP contribution < -0.4 is 9.62 Å². The second-order valence-corrected chi connectivity index (χ2v) is 13.2. The van der Waals surface area contributed by atoms with Gasteiger partial charge in [-0.25, -0.2) is 8.42 Å². The van der Waals surface area contributed by atoms with Crippen molar-refractivity contribution in [1.82, 2.24) is 10.2 Å². The van der Waals surface area contributed by atoms with E-state index in [0.717, 1.165) is 47.9 Å². The van der Waals surface area contributed by atoms with Crippen molar-refractivity contribution in [3.05, 3.63) is 95.1 Å². The second-order valence-electron chi connectivity index (χ2n) is 11.4. The molecule has 0 saturated heterocycles. The molecule has 0 aliphatic heterocycles. The lowest BCUT2D eigenvalue weighted by atomic mass is 9.95. The molecule has 0 heterocycles. The third-order valence-corrected chi connectivity index (χ3v) is 9.95. The van der Waals surface area contributed by atoms with Gasteiger partial charge in [-0.3, -0.25) is 13.9 Å². The highest BCUT2D eigenvalue weighted by molar-refractivity contribution is 7.92. The van der Waals surface area contributed by atoms with Gasteiger partial charge in [-0.15, -0.1) is 0 Å². The summed E-state index contributed by atoms with van der Waals surface area (Å²) >= 11 is 0. The summed E-state index contributed by atoms with van der Waals surface area (Å²) in [5, 5.41) is 3.19. The van der Waals surface area contributed by atoms with E-state index in [1.54, 1.807) is 35.2 Å². The molecule has 0 unspecified atom stereocenters. The molecule has 1 aliphatic rings. The topological polar surface area (TPSA) is 86.8 Å². The fraction of sp³-hybridized carbons (Fsp3) is 0.412. The van der Waals surface area contributed by atoms with Gasteiger partial charge in [-0.2, -0.15) is 0 Å². The number of benzene rings is 3. The molecule has 0 radical (unpaired) electrons. The van der Waals surface area contributed by atoms with E-state index in [4.69, 9.17) is 0 Å². The minimum atomic E-state index is -4.08. The van der Waals surface area contributed by atoms with Crippen LogP contribution in [0.4, 0.5) is 5.69 Å². The standard InChI is InChI=1S/C34H43N3O4S/c1-5-32(34(39)35-29-15-8-6-9-16-29)36(23-28-14-12-13-25(2)21-28)33(38)24-37(30-20-19-26(3)27(4)22-30)42(40,41)31-17-10-7-11-18-31/h7,10-14,17-22,29,32H,5-6,8-9,15-16,23-24H2,1-4H3,(H,35,39)/t32-/m0/s1. The first kappa shape index (κ1) is 31.3. The molecule has 1 saturated carbocycles. The molecule has 1 fully saturated rings. The Balaban J connectivity index is 1.71. The molecule has 3 aromatic carbocycles. The summed E-state index contributed by atoms with van der Waals surface area (Å²) in [6.45, 7) is 7.52. The lowest BCUT2D eigenvalue weighted by Gasteiger charge is -2.34. The number of amides is 2. The van der Waals surface area contributed by atoms with Crippen LogP contribution in [0, 0.1) is 20.8 Å². The van der Waals surface area contributed by atoms with Gasteiger partial charge in [-0.05, 0) is 81.0 Å². The van der Waals surface area contributed by atoms with Crippen LogP contribution in [0.25, 0.3) is 0 Å². The molecule has 1 N–H and O–H groups in total. The van der Waals surface area contributed by atoms with Crippen LogP contribution in [0.5, 0.6) is 0 Å². The van der Waals surface area contributed by atoms with E-state index in [0.29, 0.717) is 12.1 Å². The molecule has 0 spiro atoms. The van der Waals surface area contributed by atoms with E-state index in [2.05, 4.69) is 5.32 Å². The Morgan fingerprint density at radius 3 is 2.24 bits per heavy atom. The maximum atomic E-state index is 14.3. The Kier molecular flexibility index (Phi) is 10.4. The van der Waals surface area contributed by atoms with Crippen molar-refractivity contribution in [2.24, 2.45) is 0 Å². The van der Waals surface area contributed by atoms with Gasteiger partial charge >= 0.3 is 0 Å². The predicted octanol–water partition coefficient (Wildman–Crippen LogP) is 6.06. The summed E-state index contributed by atoms with van der Waals surface area (Å²) in [5.74, 6) is -0.617. The Hall–Kier alpha value is -3.65. The highest BCUT2D eigenvalue weighted by Crippen LogP contribution is 2.27. The number of aryl methyl sites for hydroxylation is 3. The first-order valence-corrected chi connectivity index (χ1v) is 16.3. The molecule has 224 valence electrons. The zero-order chi connectivity index (χ0) is 30.3. The number of hydrogen-bond acceptors (Lipinski definition) is 4. The average molecular weight is 590 g/mol. The summed E-state index contributed by atoms with van der Waals surface area (Å²) in [6, 6.07) is 20.7. The normalized spacial score (nSPS) is 14.7. The molecule has 8 heteroatoms. The predicted molar refractivity (Wildman–Crippen MR) is 168 cm³/mol. The van der Waals surface area contributed by atoms with Crippen molar-refractivity contribution in [2.45, 2.75) is 89.7 Å². The number of hydrogen-bond donors (Lipinski definition) is 1. The molecular weight excluding hydrogens is 546 g/mol. The van der Waals surface area contributed by atoms with Crippen LogP contribution in [-0.2, 0) is 26.2 Å². The monoisotopic (exact) mass is 589 g/mol. The summed E-state index contributed by atoms with van der Waals surface area (Å²) in [6.07, 6.45) is 5.61. The summed E-state index contributed by atoms with van der Waals surface area (Å²) < 4.78 is 29.2. The van der Waals surface area contributed by atoms with Crippen LogP contribution in [0.2, 0.25) is 0 Å². The van der Waals surface area contributed by atoms with E-state index < -0.39 is 28.5 Å². The molecule has 0 aromatic heterocycles. The summed E-state index contributed by atoms with van der Waals surface area (Å²) in [7, 11) is -4.08. The molecule has 7 nitrogen and oxygen atoms in total. The average Bonchev–Trinajstić information content (AvgIpc) is 2.98. The Labute approximate surface area is 251 Å². The van der Waals surface area contributed by atoms with E-state index in [-0.39, 0.29) is 23.4 Å². The van der Waals surface area contributed by atoms with Gasteiger partial charge in [0.2, 0.25) is 11.8 Å². The Morgan fingerprint density at radius 1 is 0.881 bits per heavy atom. The molecule has 4 rings (SSSR count). The zero-order valence-corrected chi connectivity index (χ0v) is 26.0. The van der Waals surface area contributed by atoms with Gasteiger partial charge < -0.3 is 10.2 Å². The Bertz CT molecular complexity index is 1480. The lowest BCUT2D eigenvalue weighted by Crippen LogP contribution is -2.54. The maximum absolute atomic E-state index is 14.3. The van der Waals surface area contributed by atoms with Gasteiger partial charge in [0.15, 0.2) is 0 Å². The summed E-state index contributed by atoms with van der Waals surface area (Å²) in [4.78, 5) is 29.6. The molecule has 0 bridgehead atoms. The number of nitrogens with zero attached hydrogens (tertiary/aromatic N) is 2. The van der Waals surface area contributed by atoms with Crippen molar-refractivity contribution in [1.29, 1.82) is 0 Å². The molecular formula is C34H43N3O4S. The first-order chi connectivity index (χ1) is 20.1. The Morgan fingerprint density at radius 2 is 1.60 bits per heavy atom. The highest BCUT2D eigenvalue weighted by atomic mass is 32.2. The second kappa shape index (κ2) is 14.0. The quantitative estimate of drug-likeness (QED) is 0.294. The fourth-order valence-corrected chi connectivity index (χ4v) is 7.03. The van der Waals surface area contributed by atoms with Gasteiger partial charge in [0, 0.05) is 12.6 Å². The largest absolute Gasteiger partial charge is 0.352 e. The van der Waals surface area contributed by atoms with E-state index >= 15 is 0 Å². The van der Waals surface area contributed by atoms with E-state index in [1.807, 2.05) is 58.0 Å². The molecule has 42 heavy (non-hydrogen) atoms. The van der Waals surface area contributed by atoms with Crippen LogP contribution in [-0.4, -0.2) is 43.8 Å².